The molecule has 1 fully saturated rings. The van der Waals surface area contributed by atoms with Gasteiger partial charge in [-0.3, -0.25) is 9.58 Å². The molecule has 2 heterocycles. The topological polar surface area (TPSA) is 21.1 Å². The number of nitrogens with zero attached hydrogens (tertiary/aromatic N) is 3. The van der Waals surface area contributed by atoms with Gasteiger partial charge in [-0.15, -0.1) is 0 Å². The van der Waals surface area contributed by atoms with Gasteiger partial charge < -0.3 is 0 Å². The monoisotopic (exact) mass is 299 g/mol. The van der Waals surface area contributed by atoms with Gasteiger partial charge in [-0.05, 0) is 45.2 Å². The van der Waals surface area contributed by atoms with Crippen LogP contribution in [0.5, 0.6) is 0 Å². The van der Waals surface area contributed by atoms with Crippen molar-refractivity contribution in [2.45, 2.75) is 39.8 Å². The summed E-state index contributed by atoms with van der Waals surface area (Å²) in [6.45, 7) is 8.72. The summed E-state index contributed by atoms with van der Waals surface area (Å²) in [6, 6.07) is 2.22. The molecule has 1 saturated heterocycles. The molecule has 3 nitrogen and oxygen atoms in total. The molecule has 2 rings (SSSR count). The third-order valence-electron chi connectivity index (χ3n) is 3.49. The number of halogens is 1. The van der Waals surface area contributed by atoms with Crippen LogP contribution < -0.4 is 0 Å². The molecule has 0 amide bonds. The van der Waals surface area contributed by atoms with Crippen LogP contribution >= 0.6 is 15.9 Å². The zero-order chi connectivity index (χ0) is 12.3. The SMILES string of the molecule is CCn1nc(C)cc1CN1CCCC(CBr)C1. The lowest BCUT2D eigenvalue weighted by molar-refractivity contribution is 0.175. The second-order valence-corrected chi connectivity index (χ2v) is 5.64. The lowest BCUT2D eigenvalue weighted by Crippen LogP contribution is -2.36. The molecule has 0 aromatic carbocycles. The van der Waals surface area contributed by atoms with Crippen LogP contribution in [0.1, 0.15) is 31.2 Å². The molecular weight excluding hydrogens is 278 g/mol. The van der Waals surface area contributed by atoms with Crippen molar-refractivity contribution in [1.29, 1.82) is 0 Å². The molecule has 1 unspecified atom stereocenters. The Hall–Kier alpha value is -0.350. The molecule has 96 valence electrons. The Kier molecular flexibility index (Phi) is 4.62. The van der Waals surface area contributed by atoms with Gasteiger partial charge >= 0.3 is 0 Å². The van der Waals surface area contributed by atoms with Crippen LogP contribution in [0.4, 0.5) is 0 Å². The van der Waals surface area contributed by atoms with Gasteiger partial charge in [0.15, 0.2) is 0 Å². The number of aromatic nitrogens is 2. The summed E-state index contributed by atoms with van der Waals surface area (Å²) in [7, 11) is 0. The van der Waals surface area contributed by atoms with Crippen LogP contribution in [0.15, 0.2) is 6.07 Å². The lowest BCUT2D eigenvalue weighted by Gasteiger charge is -2.31. The van der Waals surface area contributed by atoms with Crippen LogP contribution in [-0.4, -0.2) is 33.1 Å². The van der Waals surface area contributed by atoms with E-state index in [1.54, 1.807) is 0 Å². The summed E-state index contributed by atoms with van der Waals surface area (Å²) in [6.07, 6.45) is 2.70. The third kappa shape index (κ3) is 3.32. The first-order valence-electron chi connectivity index (χ1n) is 6.54. The molecule has 1 aromatic rings. The summed E-state index contributed by atoms with van der Waals surface area (Å²) < 4.78 is 2.13. The summed E-state index contributed by atoms with van der Waals surface area (Å²) in [4.78, 5) is 2.57. The first kappa shape index (κ1) is 13.1. The molecule has 4 heteroatoms. The third-order valence-corrected chi connectivity index (χ3v) is 4.41. The zero-order valence-electron chi connectivity index (χ0n) is 10.8. The van der Waals surface area contributed by atoms with E-state index in [9.17, 15) is 0 Å². The quantitative estimate of drug-likeness (QED) is 0.797. The predicted molar refractivity (Wildman–Crippen MR) is 74.4 cm³/mol. The van der Waals surface area contributed by atoms with Crippen molar-refractivity contribution in [2.75, 3.05) is 18.4 Å². The van der Waals surface area contributed by atoms with Gasteiger partial charge in [0, 0.05) is 25.0 Å². The van der Waals surface area contributed by atoms with Gasteiger partial charge in [0.2, 0.25) is 0 Å². The zero-order valence-corrected chi connectivity index (χ0v) is 12.4. The predicted octanol–water partition coefficient (Wildman–Crippen LogP) is 2.82. The molecule has 1 aliphatic rings. The molecule has 0 N–H and O–H groups in total. The summed E-state index contributed by atoms with van der Waals surface area (Å²) >= 11 is 3.61. The number of piperidine rings is 1. The first-order chi connectivity index (χ1) is 8.22. The molecular formula is C13H22BrN3. The molecule has 1 atom stereocenters. The van der Waals surface area contributed by atoms with Crippen molar-refractivity contribution in [1.82, 2.24) is 14.7 Å². The fourth-order valence-corrected chi connectivity index (χ4v) is 3.18. The van der Waals surface area contributed by atoms with Crippen LogP contribution in [-0.2, 0) is 13.1 Å². The Labute approximate surface area is 112 Å². The number of hydrogen-bond donors (Lipinski definition) is 0. The molecule has 17 heavy (non-hydrogen) atoms. The van der Waals surface area contributed by atoms with E-state index in [0.29, 0.717) is 0 Å². The van der Waals surface area contributed by atoms with Crippen molar-refractivity contribution < 1.29 is 0 Å². The standard InChI is InChI=1S/C13H22BrN3/c1-3-17-13(7-11(2)15-17)10-16-6-4-5-12(8-14)9-16/h7,12H,3-6,8-10H2,1-2H3. The highest BCUT2D eigenvalue weighted by Crippen LogP contribution is 2.20. The fourth-order valence-electron chi connectivity index (χ4n) is 2.65. The van der Waals surface area contributed by atoms with Gasteiger partial charge in [-0.25, -0.2) is 0 Å². The van der Waals surface area contributed by atoms with E-state index >= 15 is 0 Å². The van der Waals surface area contributed by atoms with E-state index in [0.717, 1.165) is 30.0 Å². The molecule has 1 aliphatic heterocycles. The Bertz CT molecular complexity index is 362. The van der Waals surface area contributed by atoms with Gasteiger partial charge in [-0.2, -0.15) is 5.10 Å². The highest BCUT2D eigenvalue weighted by Gasteiger charge is 2.20. The van der Waals surface area contributed by atoms with Gasteiger partial charge in [0.1, 0.15) is 0 Å². The smallest absolute Gasteiger partial charge is 0.0597 e. The van der Waals surface area contributed by atoms with E-state index in [-0.39, 0.29) is 0 Å². The van der Waals surface area contributed by atoms with Crippen molar-refractivity contribution in [3.8, 4) is 0 Å². The average molecular weight is 300 g/mol. The normalized spacial score (nSPS) is 21.9. The minimum Gasteiger partial charge on any atom is -0.297 e. The van der Waals surface area contributed by atoms with E-state index < -0.39 is 0 Å². The maximum absolute atomic E-state index is 4.51. The number of rotatable bonds is 4. The molecule has 0 aliphatic carbocycles. The maximum Gasteiger partial charge on any atom is 0.0597 e. The lowest BCUT2D eigenvalue weighted by atomic mass is 10.0. The second kappa shape index (κ2) is 6.01. The minimum atomic E-state index is 0.822. The van der Waals surface area contributed by atoms with E-state index in [1.165, 1.54) is 31.6 Å². The van der Waals surface area contributed by atoms with E-state index in [4.69, 9.17) is 0 Å². The molecule has 0 bridgehead atoms. The van der Waals surface area contributed by atoms with Crippen molar-refractivity contribution in [3.63, 3.8) is 0 Å². The highest BCUT2D eigenvalue weighted by atomic mass is 79.9. The fraction of sp³-hybridized carbons (Fsp3) is 0.769. The largest absolute Gasteiger partial charge is 0.297 e. The molecule has 1 aromatic heterocycles. The Balaban J connectivity index is 1.99. The van der Waals surface area contributed by atoms with Crippen LogP contribution in [0.3, 0.4) is 0 Å². The molecule has 0 saturated carbocycles. The molecule has 0 spiro atoms. The van der Waals surface area contributed by atoms with Gasteiger partial charge in [-0.1, -0.05) is 15.9 Å². The average Bonchev–Trinajstić information content (AvgIpc) is 2.69. The Morgan fingerprint density at radius 3 is 3.06 bits per heavy atom. The van der Waals surface area contributed by atoms with E-state index in [2.05, 4.69) is 50.5 Å². The number of likely N-dealkylation sites (tertiary alicyclic amines) is 1. The summed E-state index contributed by atoms with van der Waals surface area (Å²) in [5.41, 5.74) is 2.50. The number of hydrogen-bond acceptors (Lipinski definition) is 2. The van der Waals surface area contributed by atoms with Crippen LogP contribution in [0, 0.1) is 12.8 Å². The minimum absolute atomic E-state index is 0.822. The van der Waals surface area contributed by atoms with Crippen molar-refractivity contribution >= 4 is 15.9 Å². The van der Waals surface area contributed by atoms with Crippen molar-refractivity contribution in [3.05, 3.63) is 17.5 Å². The summed E-state index contributed by atoms with van der Waals surface area (Å²) in [5, 5.41) is 5.65. The Morgan fingerprint density at radius 2 is 2.35 bits per heavy atom. The maximum atomic E-state index is 4.51. The molecule has 0 radical (unpaired) electrons. The van der Waals surface area contributed by atoms with Crippen molar-refractivity contribution in [2.24, 2.45) is 5.92 Å². The highest BCUT2D eigenvalue weighted by molar-refractivity contribution is 9.09. The number of aryl methyl sites for hydroxylation is 2. The van der Waals surface area contributed by atoms with Gasteiger partial charge in [0.25, 0.3) is 0 Å². The van der Waals surface area contributed by atoms with Crippen LogP contribution in [0.2, 0.25) is 0 Å². The van der Waals surface area contributed by atoms with E-state index in [1.807, 2.05) is 0 Å². The van der Waals surface area contributed by atoms with Crippen LogP contribution in [0.25, 0.3) is 0 Å². The summed E-state index contributed by atoms with van der Waals surface area (Å²) in [5.74, 6) is 0.822. The van der Waals surface area contributed by atoms with Gasteiger partial charge in [0.05, 0.1) is 11.4 Å². The number of alkyl halides is 1. The Morgan fingerprint density at radius 1 is 1.53 bits per heavy atom. The first-order valence-corrected chi connectivity index (χ1v) is 7.66. The second-order valence-electron chi connectivity index (χ2n) is 4.99.